The number of carbonyl (C=O) groups is 2. The van der Waals surface area contributed by atoms with Gasteiger partial charge >= 0.3 is 5.97 Å². The van der Waals surface area contributed by atoms with Crippen molar-refractivity contribution in [2.75, 3.05) is 31.5 Å². The van der Waals surface area contributed by atoms with Crippen molar-refractivity contribution in [2.24, 2.45) is 5.92 Å². The van der Waals surface area contributed by atoms with Gasteiger partial charge in [0, 0.05) is 24.4 Å². The van der Waals surface area contributed by atoms with Crippen LogP contribution in [0.3, 0.4) is 0 Å². The minimum absolute atomic E-state index is 0. The predicted molar refractivity (Wildman–Crippen MR) is 138 cm³/mol. The molecule has 2 bridgehead atoms. The minimum Gasteiger partial charge on any atom is -1.00 e. The maximum atomic E-state index is 13.9. The molecule has 0 spiro atoms. The first-order chi connectivity index (χ1) is 17.0. The molecule has 1 N–H and O–H groups in total. The number of piperidine rings is 3. The Bertz CT molecular complexity index is 1040. The number of nitrogens with zero attached hydrogens (tertiary/aromatic N) is 1. The number of fused-ring (bicyclic) bond motifs is 3. The van der Waals surface area contributed by atoms with E-state index < -0.39 is 5.41 Å². The number of amides is 1. The predicted octanol–water partition coefficient (Wildman–Crippen LogP) is 2.38. The standard InChI is InChI=1S/C30H38N2O3.BrH/c1-23-11-7-8-14-26(23)31-28(33)22-32-19-15-24(16-20-32)27(21-32)35-29(34)30(17-9-2-3-10-18-30)25-12-5-4-6-13-25;/h4-8,11-14,24,27H,2-3,9-10,15-22H2,1H3;1H/t24?,27-,32?;/m0./s1. The van der Waals surface area contributed by atoms with Gasteiger partial charge in [-0.1, -0.05) is 74.2 Å². The normalized spacial score (nSPS) is 26.8. The van der Waals surface area contributed by atoms with Gasteiger partial charge in [-0.05, 0) is 37.0 Å². The van der Waals surface area contributed by atoms with Crippen molar-refractivity contribution in [2.45, 2.75) is 69.8 Å². The lowest BCUT2D eigenvalue weighted by molar-refractivity contribution is -0.939. The van der Waals surface area contributed by atoms with Gasteiger partial charge in [0.25, 0.3) is 5.91 Å². The zero-order chi connectivity index (χ0) is 24.3. The van der Waals surface area contributed by atoms with Crippen molar-refractivity contribution in [3.05, 3.63) is 65.7 Å². The summed E-state index contributed by atoms with van der Waals surface area (Å²) in [5.74, 6) is 0.429. The molecule has 194 valence electrons. The number of carbonyl (C=O) groups excluding carboxylic acids is 2. The molecular weight excluding hydrogens is 516 g/mol. The number of rotatable bonds is 6. The van der Waals surface area contributed by atoms with Crippen LogP contribution in [0.15, 0.2) is 54.6 Å². The summed E-state index contributed by atoms with van der Waals surface area (Å²) in [7, 11) is 0. The number of anilines is 1. The second kappa shape index (κ2) is 11.5. The van der Waals surface area contributed by atoms with Gasteiger partial charge in [-0.25, -0.2) is 0 Å². The molecule has 3 saturated heterocycles. The summed E-state index contributed by atoms with van der Waals surface area (Å²) >= 11 is 0. The van der Waals surface area contributed by atoms with Gasteiger partial charge in [-0.2, -0.15) is 0 Å². The Hall–Kier alpha value is -2.18. The quantitative estimate of drug-likeness (QED) is 0.339. The van der Waals surface area contributed by atoms with E-state index in [4.69, 9.17) is 4.74 Å². The molecule has 0 unspecified atom stereocenters. The van der Waals surface area contributed by atoms with Gasteiger partial charge in [0.05, 0.1) is 18.5 Å². The van der Waals surface area contributed by atoms with Crippen LogP contribution < -0.4 is 22.3 Å². The van der Waals surface area contributed by atoms with Gasteiger partial charge < -0.3 is 31.5 Å². The fourth-order valence-electron chi connectivity index (χ4n) is 6.73. The van der Waals surface area contributed by atoms with Crippen molar-refractivity contribution in [3.8, 4) is 0 Å². The Kier molecular flexibility index (Phi) is 8.56. The van der Waals surface area contributed by atoms with Crippen LogP contribution in [0, 0.1) is 12.8 Å². The number of halogens is 1. The lowest BCUT2D eigenvalue weighted by Crippen LogP contribution is -3.00. The van der Waals surface area contributed by atoms with E-state index in [1.165, 1.54) is 12.8 Å². The van der Waals surface area contributed by atoms with E-state index in [2.05, 4.69) is 17.4 Å². The first kappa shape index (κ1) is 26.9. The second-order valence-corrected chi connectivity index (χ2v) is 11.1. The molecule has 3 heterocycles. The fraction of sp³-hybridized carbons (Fsp3) is 0.533. The average molecular weight is 556 g/mol. The molecule has 3 aliphatic heterocycles. The van der Waals surface area contributed by atoms with Crippen LogP contribution in [0.4, 0.5) is 5.69 Å². The molecule has 4 fully saturated rings. The van der Waals surface area contributed by atoms with Gasteiger partial charge in [-0.15, -0.1) is 0 Å². The number of para-hydroxylation sites is 1. The molecule has 36 heavy (non-hydrogen) atoms. The number of hydrogen-bond donors (Lipinski definition) is 1. The minimum atomic E-state index is -0.531. The topological polar surface area (TPSA) is 55.4 Å². The van der Waals surface area contributed by atoms with E-state index in [1.54, 1.807) is 0 Å². The number of hydrogen-bond acceptors (Lipinski definition) is 3. The van der Waals surface area contributed by atoms with Crippen LogP contribution in [-0.2, 0) is 19.7 Å². The van der Waals surface area contributed by atoms with E-state index in [0.717, 1.165) is 79.5 Å². The van der Waals surface area contributed by atoms with Gasteiger partial charge in [0.2, 0.25) is 0 Å². The molecule has 1 atom stereocenters. The Morgan fingerprint density at radius 2 is 1.58 bits per heavy atom. The molecular formula is C30H39BrN2O3. The Morgan fingerprint density at radius 3 is 2.25 bits per heavy atom. The van der Waals surface area contributed by atoms with Crippen molar-refractivity contribution >= 4 is 17.6 Å². The third kappa shape index (κ3) is 5.55. The second-order valence-electron chi connectivity index (χ2n) is 11.1. The van der Waals surface area contributed by atoms with E-state index in [1.807, 2.05) is 49.4 Å². The SMILES string of the molecule is Cc1ccccc1NC(=O)C[N+]12CCC(CC1)[C@@H](OC(=O)C1(c3ccccc3)CCCCCC1)C2.[Br-]. The highest BCUT2D eigenvalue weighted by molar-refractivity contribution is 5.92. The van der Waals surface area contributed by atoms with Crippen LogP contribution in [0.2, 0.25) is 0 Å². The molecule has 4 aliphatic rings. The molecule has 1 aliphatic carbocycles. The molecule has 1 saturated carbocycles. The summed E-state index contributed by atoms with van der Waals surface area (Å²) < 4.78 is 7.16. The number of esters is 1. The van der Waals surface area contributed by atoms with Crippen LogP contribution in [-0.4, -0.2) is 48.6 Å². The molecule has 6 heteroatoms. The Morgan fingerprint density at radius 1 is 0.944 bits per heavy atom. The molecule has 2 aromatic carbocycles. The third-order valence-corrected chi connectivity index (χ3v) is 8.87. The fourth-order valence-corrected chi connectivity index (χ4v) is 6.73. The van der Waals surface area contributed by atoms with Crippen LogP contribution >= 0.6 is 0 Å². The number of aryl methyl sites for hydroxylation is 1. The summed E-state index contributed by atoms with van der Waals surface area (Å²) in [5, 5.41) is 3.11. The number of benzene rings is 2. The summed E-state index contributed by atoms with van der Waals surface area (Å²) in [5.41, 5.74) is 2.52. The van der Waals surface area contributed by atoms with E-state index in [-0.39, 0.29) is 35.0 Å². The van der Waals surface area contributed by atoms with Crippen LogP contribution in [0.5, 0.6) is 0 Å². The first-order valence-electron chi connectivity index (χ1n) is 13.5. The summed E-state index contributed by atoms with van der Waals surface area (Å²) in [6.07, 6.45) is 8.18. The average Bonchev–Trinajstić information content (AvgIpc) is 3.14. The zero-order valence-electron chi connectivity index (χ0n) is 21.4. The van der Waals surface area contributed by atoms with Crippen LogP contribution in [0.25, 0.3) is 0 Å². The smallest absolute Gasteiger partial charge is 0.317 e. The van der Waals surface area contributed by atoms with Gasteiger partial charge in [0.1, 0.15) is 6.54 Å². The van der Waals surface area contributed by atoms with Gasteiger partial charge in [-0.3, -0.25) is 9.59 Å². The molecule has 6 rings (SSSR count). The maximum Gasteiger partial charge on any atom is 0.317 e. The number of ether oxygens (including phenoxy) is 1. The van der Waals surface area contributed by atoms with Crippen molar-refractivity contribution in [1.29, 1.82) is 0 Å². The first-order valence-corrected chi connectivity index (χ1v) is 13.5. The summed E-state index contributed by atoms with van der Waals surface area (Å²) in [4.78, 5) is 26.9. The Balaban J connectivity index is 0.00000304. The number of quaternary nitrogens is 1. The summed E-state index contributed by atoms with van der Waals surface area (Å²) in [6.45, 7) is 5.19. The monoisotopic (exact) mass is 554 g/mol. The maximum absolute atomic E-state index is 13.9. The number of nitrogens with one attached hydrogen (secondary N) is 1. The zero-order valence-corrected chi connectivity index (χ0v) is 23.0. The highest BCUT2D eigenvalue weighted by atomic mass is 79.9. The van der Waals surface area contributed by atoms with E-state index >= 15 is 0 Å². The van der Waals surface area contributed by atoms with E-state index in [9.17, 15) is 9.59 Å². The van der Waals surface area contributed by atoms with Crippen LogP contribution in [0.1, 0.15) is 62.5 Å². The van der Waals surface area contributed by atoms with Crippen molar-refractivity contribution in [1.82, 2.24) is 0 Å². The third-order valence-electron chi connectivity index (χ3n) is 8.87. The summed E-state index contributed by atoms with van der Waals surface area (Å²) in [6, 6.07) is 18.2. The highest BCUT2D eigenvalue weighted by Gasteiger charge is 2.51. The van der Waals surface area contributed by atoms with E-state index in [0.29, 0.717) is 12.5 Å². The lowest BCUT2D eigenvalue weighted by atomic mass is 9.74. The van der Waals surface area contributed by atoms with Gasteiger partial charge in [0.15, 0.2) is 12.6 Å². The molecule has 5 nitrogen and oxygen atoms in total. The Labute approximate surface area is 226 Å². The lowest BCUT2D eigenvalue weighted by Gasteiger charge is -2.52. The van der Waals surface area contributed by atoms with Crippen molar-refractivity contribution in [3.63, 3.8) is 0 Å². The molecule has 2 aromatic rings. The molecule has 0 radical (unpaired) electrons. The largest absolute Gasteiger partial charge is 1.00 e. The van der Waals surface area contributed by atoms with Crippen molar-refractivity contribution < 1.29 is 35.8 Å². The highest BCUT2D eigenvalue weighted by Crippen LogP contribution is 2.42. The molecule has 0 aromatic heterocycles. The molecule has 1 amide bonds.